The monoisotopic (exact) mass is 460 g/mol. The first-order valence-corrected chi connectivity index (χ1v) is 12.2. The molecule has 0 atom stereocenters. The molecule has 0 heterocycles. The average molecular weight is 461 g/mol. The zero-order valence-corrected chi connectivity index (χ0v) is 18.4. The quantitative estimate of drug-likeness (QED) is 0.449. The molecule has 0 radical (unpaired) electrons. The van der Waals surface area contributed by atoms with Gasteiger partial charge in [-0.15, -0.1) is 0 Å². The van der Waals surface area contributed by atoms with E-state index in [9.17, 15) is 13.2 Å². The van der Waals surface area contributed by atoms with Gasteiger partial charge in [0.1, 0.15) is 0 Å². The van der Waals surface area contributed by atoms with E-state index >= 15 is 0 Å². The lowest BCUT2D eigenvalue weighted by molar-refractivity contribution is 0.0956. The van der Waals surface area contributed by atoms with Crippen LogP contribution in [0.1, 0.15) is 15.9 Å². The summed E-state index contributed by atoms with van der Waals surface area (Å²) in [6.07, 6.45) is 0. The van der Waals surface area contributed by atoms with Crippen molar-refractivity contribution in [2.24, 2.45) is 0 Å². The Morgan fingerprint density at radius 1 is 0.933 bits per heavy atom. The number of anilines is 1. The van der Waals surface area contributed by atoms with Crippen LogP contribution in [0.25, 0.3) is 0 Å². The van der Waals surface area contributed by atoms with Gasteiger partial charge in [-0.05, 0) is 48.0 Å². The number of benzene rings is 3. The summed E-state index contributed by atoms with van der Waals surface area (Å²) in [5.74, 6) is 1.31. The molecule has 0 fully saturated rings. The molecule has 8 heteroatoms. The minimum absolute atomic E-state index is 0.164. The van der Waals surface area contributed by atoms with Gasteiger partial charge in [-0.25, -0.2) is 8.42 Å². The van der Waals surface area contributed by atoms with Gasteiger partial charge in [0.15, 0.2) is 0 Å². The molecule has 0 spiro atoms. The van der Waals surface area contributed by atoms with Crippen LogP contribution in [-0.2, 0) is 15.8 Å². The Labute approximate surface area is 185 Å². The van der Waals surface area contributed by atoms with Crippen LogP contribution >= 0.6 is 23.4 Å². The minimum Gasteiger partial charge on any atom is -0.351 e. The van der Waals surface area contributed by atoms with E-state index < -0.39 is 10.0 Å². The van der Waals surface area contributed by atoms with Crippen LogP contribution in [-0.4, -0.2) is 26.6 Å². The molecule has 0 saturated carbocycles. The van der Waals surface area contributed by atoms with Crippen molar-refractivity contribution in [1.82, 2.24) is 5.32 Å². The molecule has 0 aliphatic heterocycles. The predicted octanol–water partition coefficient (Wildman–Crippen LogP) is 4.80. The lowest BCUT2D eigenvalue weighted by Crippen LogP contribution is -2.26. The van der Waals surface area contributed by atoms with E-state index in [1.165, 1.54) is 18.2 Å². The van der Waals surface area contributed by atoms with Gasteiger partial charge < -0.3 is 5.32 Å². The lowest BCUT2D eigenvalue weighted by Gasteiger charge is -2.10. The van der Waals surface area contributed by atoms with E-state index in [0.29, 0.717) is 22.8 Å². The third-order valence-electron chi connectivity index (χ3n) is 4.12. The van der Waals surface area contributed by atoms with Crippen LogP contribution in [0.2, 0.25) is 5.02 Å². The summed E-state index contributed by atoms with van der Waals surface area (Å²) in [6, 6.07) is 22.2. The number of amides is 1. The van der Waals surface area contributed by atoms with Gasteiger partial charge in [0.2, 0.25) is 0 Å². The molecule has 0 bridgehead atoms. The number of sulfonamides is 1. The van der Waals surface area contributed by atoms with Crippen LogP contribution in [0, 0.1) is 0 Å². The van der Waals surface area contributed by atoms with E-state index in [4.69, 9.17) is 11.6 Å². The van der Waals surface area contributed by atoms with Crippen molar-refractivity contribution in [3.63, 3.8) is 0 Å². The fourth-order valence-corrected chi connectivity index (χ4v) is 4.78. The highest BCUT2D eigenvalue weighted by Gasteiger charge is 2.14. The summed E-state index contributed by atoms with van der Waals surface area (Å²) >= 11 is 7.67. The highest BCUT2D eigenvalue weighted by atomic mass is 35.5. The topological polar surface area (TPSA) is 75.3 Å². The zero-order valence-electron chi connectivity index (χ0n) is 16.0. The Bertz CT molecular complexity index is 1110. The number of rotatable bonds is 9. The van der Waals surface area contributed by atoms with Crippen LogP contribution in [0.5, 0.6) is 0 Å². The molecular formula is C22H21ClN2O3S2. The Hall–Kier alpha value is -2.48. The lowest BCUT2D eigenvalue weighted by atomic mass is 10.2. The first-order chi connectivity index (χ1) is 14.4. The van der Waals surface area contributed by atoms with E-state index in [1.807, 2.05) is 24.3 Å². The standard InChI is InChI=1S/C22H21ClN2O3S2/c23-19-8-4-6-17(14-19)16-29-13-12-24-22(26)18-7-5-9-20(15-18)25-30(27,28)21-10-2-1-3-11-21/h1-11,14-15,25H,12-13,16H2,(H,24,26). The third kappa shape index (κ3) is 6.52. The number of hydrogen-bond acceptors (Lipinski definition) is 4. The zero-order chi connectivity index (χ0) is 21.4. The summed E-state index contributed by atoms with van der Waals surface area (Å²) in [7, 11) is -3.70. The molecule has 3 aromatic carbocycles. The molecule has 0 unspecified atom stereocenters. The van der Waals surface area contributed by atoms with Gasteiger partial charge in [0, 0.05) is 34.3 Å². The Morgan fingerprint density at radius 3 is 2.47 bits per heavy atom. The van der Waals surface area contributed by atoms with Crippen molar-refractivity contribution in [3.05, 3.63) is 95.0 Å². The number of carbonyl (C=O) groups excluding carboxylic acids is 1. The minimum atomic E-state index is -3.70. The molecule has 0 aromatic heterocycles. The van der Waals surface area contributed by atoms with Crippen molar-refractivity contribution < 1.29 is 13.2 Å². The second-order valence-corrected chi connectivity index (χ2v) is 9.66. The molecule has 0 saturated heterocycles. The van der Waals surface area contributed by atoms with Gasteiger partial charge in [0.05, 0.1) is 4.90 Å². The van der Waals surface area contributed by atoms with E-state index in [0.717, 1.165) is 17.1 Å². The van der Waals surface area contributed by atoms with Crippen molar-refractivity contribution in [2.75, 3.05) is 17.0 Å². The SMILES string of the molecule is O=C(NCCSCc1cccc(Cl)c1)c1cccc(NS(=O)(=O)c2ccccc2)c1. The molecule has 156 valence electrons. The maximum Gasteiger partial charge on any atom is 0.261 e. The van der Waals surface area contributed by atoms with E-state index in [1.54, 1.807) is 48.2 Å². The van der Waals surface area contributed by atoms with E-state index in [-0.39, 0.29) is 10.8 Å². The average Bonchev–Trinajstić information content (AvgIpc) is 2.74. The first-order valence-electron chi connectivity index (χ1n) is 9.22. The Balaban J connectivity index is 1.51. The van der Waals surface area contributed by atoms with Crippen LogP contribution in [0.15, 0.2) is 83.8 Å². The molecular weight excluding hydrogens is 440 g/mol. The summed E-state index contributed by atoms with van der Waals surface area (Å²) in [6.45, 7) is 0.504. The highest BCUT2D eigenvalue weighted by molar-refractivity contribution is 7.98. The van der Waals surface area contributed by atoms with Gasteiger partial charge in [-0.2, -0.15) is 11.8 Å². The molecule has 3 rings (SSSR count). The van der Waals surface area contributed by atoms with Gasteiger partial charge in [-0.3, -0.25) is 9.52 Å². The molecule has 0 aliphatic carbocycles. The van der Waals surface area contributed by atoms with Crippen LogP contribution < -0.4 is 10.0 Å². The molecule has 2 N–H and O–H groups in total. The Kier molecular flexibility index (Phi) is 7.79. The number of thioether (sulfide) groups is 1. The maximum atomic E-state index is 12.4. The van der Waals surface area contributed by atoms with Crippen molar-refractivity contribution in [1.29, 1.82) is 0 Å². The van der Waals surface area contributed by atoms with Crippen molar-refractivity contribution in [3.8, 4) is 0 Å². The first kappa shape index (κ1) is 22.2. The second-order valence-electron chi connectivity index (χ2n) is 6.44. The van der Waals surface area contributed by atoms with E-state index in [2.05, 4.69) is 10.0 Å². The molecule has 0 aliphatic rings. The fraction of sp³-hybridized carbons (Fsp3) is 0.136. The number of halogens is 1. The summed E-state index contributed by atoms with van der Waals surface area (Å²) in [4.78, 5) is 12.6. The smallest absolute Gasteiger partial charge is 0.261 e. The van der Waals surface area contributed by atoms with Crippen LogP contribution in [0.4, 0.5) is 5.69 Å². The van der Waals surface area contributed by atoms with Gasteiger partial charge in [0.25, 0.3) is 15.9 Å². The van der Waals surface area contributed by atoms with Gasteiger partial charge in [-0.1, -0.05) is 48.0 Å². The summed E-state index contributed by atoms with van der Waals surface area (Å²) in [5, 5.41) is 3.57. The number of nitrogens with one attached hydrogen (secondary N) is 2. The normalized spacial score (nSPS) is 11.1. The summed E-state index contributed by atoms with van der Waals surface area (Å²) < 4.78 is 27.4. The Morgan fingerprint density at radius 2 is 1.70 bits per heavy atom. The predicted molar refractivity (Wildman–Crippen MR) is 124 cm³/mol. The molecule has 5 nitrogen and oxygen atoms in total. The van der Waals surface area contributed by atoms with Crippen LogP contribution in [0.3, 0.4) is 0 Å². The van der Waals surface area contributed by atoms with Crippen molar-refractivity contribution >= 4 is 45.0 Å². The third-order valence-corrected chi connectivity index (χ3v) is 6.78. The molecule has 30 heavy (non-hydrogen) atoms. The second kappa shape index (κ2) is 10.5. The number of carbonyl (C=O) groups is 1. The molecule has 1 amide bonds. The van der Waals surface area contributed by atoms with Crippen molar-refractivity contribution in [2.45, 2.75) is 10.6 Å². The largest absolute Gasteiger partial charge is 0.351 e. The summed E-state index contributed by atoms with van der Waals surface area (Å²) in [5.41, 5.74) is 1.86. The fourth-order valence-electron chi connectivity index (χ4n) is 2.69. The maximum absolute atomic E-state index is 12.4. The highest BCUT2D eigenvalue weighted by Crippen LogP contribution is 2.18. The molecule has 3 aromatic rings. The van der Waals surface area contributed by atoms with Gasteiger partial charge >= 0.3 is 0 Å². The number of hydrogen-bond donors (Lipinski definition) is 2.